The van der Waals surface area contributed by atoms with Gasteiger partial charge in [-0.3, -0.25) is 4.79 Å². The Labute approximate surface area is 61.1 Å². The highest BCUT2D eigenvalue weighted by molar-refractivity contribution is 5.91. The van der Waals surface area contributed by atoms with E-state index in [-0.39, 0.29) is 6.04 Å². The van der Waals surface area contributed by atoms with Crippen molar-refractivity contribution in [1.29, 1.82) is 0 Å². The molecule has 1 amide bonds. The van der Waals surface area contributed by atoms with Gasteiger partial charge in [-0.2, -0.15) is 0 Å². The lowest BCUT2D eigenvalue weighted by Gasteiger charge is -2.01. The van der Waals surface area contributed by atoms with Gasteiger partial charge in [-0.25, -0.2) is 0 Å². The molecule has 0 aliphatic heterocycles. The first kappa shape index (κ1) is 9.17. The molecule has 0 saturated carbocycles. The van der Waals surface area contributed by atoms with E-state index in [1.54, 1.807) is 13.0 Å². The van der Waals surface area contributed by atoms with Gasteiger partial charge in [0.1, 0.15) is 0 Å². The van der Waals surface area contributed by atoms with Gasteiger partial charge in [-0.1, -0.05) is 13.0 Å². The molecule has 0 aromatic rings. The number of hydrogen-bond acceptors (Lipinski definition) is 2. The molecule has 1 unspecified atom stereocenters. The van der Waals surface area contributed by atoms with Gasteiger partial charge in [-0.05, 0) is 13.3 Å². The molecule has 4 N–H and O–H groups in total. The average molecular weight is 142 g/mol. The van der Waals surface area contributed by atoms with Crippen LogP contribution in [-0.2, 0) is 4.79 Å². The summed E-state index contributed by atoms with van der Waals surface area (Å²) in [6.07, 6.45) is 2.51. The van der Waals surface area contributed by atoms with Crippen molar-refractivity contribution < 1.29 is 4.79 Å². The maximum Gasteiger partial charge on any atom is 0.244 e. The fourth-order valence-electron chi connectivity index (χ4n) is 0.521. The minimum Gasteiger partial charge on any atom is -0.366 e. The summed E-state index contributed by atoms with van der Waals surface area (Å²) >= 11 is 0. The largest absolute Gasteiger partial charge is 0.366 e. The van der Waals surface area contributed by atoms with Gasteiger partial charge in [0.05, 0.1) is 0 Å². The first-order chi connectivity index (χ1) is 4.57. The van der Waals surface area contributed by atoms with Crippen LogP contribution in [0.1, 0.15) is 20.3 Å². The third-order valence-corrected chi connectivity index (χ3v) is 1.32. The van der Waals surface area contributed by atoms with E-state index in [1.165, 1.54) is 0 Å². The molecule has 0 aromatic carbocycles. The van der Waals surface area contributed by atoms with Gasteiger partial charge in [-0.15, -0.1) is 0 Å². The number of rotatable bonds is 3. The first-order valence-corrected chi connectivity index (χ1v) is 3.31. The van der Waals surface area contributed by atoms with Crippen molar-refractivity contribution in [2.75, 3.05) is 0 Å². The predicted molar refractivity (Wildman–Crippen MR) is 41.2 cm³/mol. The van der Waals surface area contributed by atoms with Crippen LogP contribution in [0, 0.1) is 0 Å². The van der Waals surface area contributed by atoms with Gasteiger partial charge in [0, 0.05) is 11.6 Å². The molecule has 58 valence electrons. The maximum absolute atomic E-state index is 10.4. The van der Waals surface area contributed by atoms with E-state index < -0.39 is 5.91 Å². The van der Waals surface area contributed by atoms with Crippen LogP contribution in [0.5, 0.6) is 0 Å². The topological polar surface area (TPSA) is 69.1 Å². The summed E-state index contributed by atoms with van der Waals surface area (Å²) in [7, 11) is 0. The van der Waals surface area contributed by atoms with Crippen LogP contribution in [-0.4, -0.2) is 11.9 Å². The normalized spacial score (nSPS) is 14.9. The SMILES string of the molecule is CCC(N)C=C(C)C(N)=O. The molecule has 0 aliphatic rings. The molecule has 0 rings (SSSR count). The smallest absolute Gasteiger partial charge is 0.244 e. The Hall–Kier alpha value is -0.830. The van der Waals surface area contributed by atoms with Crippen LogP contribution >= 0.6 is 0 Å². The lowest BCUT2D eigenvalue weighted by Crippen LogP contribution is -2.19. The van der Waals surface area contributed by atoms with Gasteiger partial charge in [0.25, 0.3) is 0 Å². The highest BCUT2D eigenvalue weighted by Crippen LogP contribution is 1.95. The third kappa shape index (κ3) is 3.25. The molecule has 0 saturated heterocycles. The average Bonchev–Trinajstić information content (AvgIpc) is 1.87. The summed E-state index contributed by atoms with van der Waals surface area (Å²) in [6, 6.07) is -0.0486. The van der Waals surface area contributed by atoms with E-state index in [0.29, 0.717) is 5.57 Å². The molecule has 10 heavy (non-hydrogen) atoms. The summed E-state index contributed by atoms with van der Waals surface area (Å²) < 4.78 is 0. The Morgan fingerprint density at radius 3 is 2.50 bits per heavy atom. The maximum atomic E-state index is 10.4. The van der Waals surface area contributed by atoms with E-state index in [4.69, 9.17) is 11.5 Å². The molecule has 3 heteroatoms. The summed E-state index contributed by atoms with van der Waals surface area (Å²) in [5, 5.41) is 0. The van der Waals surface area contributed by atoms with Gasteiger partial charge < -0.3 is 11.5 Å². The Kier molecular flexibility index (Phi) is 3.72. The number of amides is 1. The number of carbonyl (C=O) groups is 1. The Morgan fingerprint density at radius 2 is 2.20 bits per heavy atom. The van der Waals surface area contributed by atoms with Crippen LogP contribution in [0.2, 0.25) is 0 Å². The molecule has 0 fully saturated rings. The molecule has 0 radical (unpaired) electrons. The van der Waals surface area contributed by atoms with Crippen molar-refractivity contribution in [2.45, 2.75) is 26.3 Å². The second-order valence-corrected chi connectivity index (χ2v) is 2.29. The minimum atomic E-state index is -0.399. The molecular formula is C7H14N2O. The summed E-state index contributed by atoms with van der Waals surface area (Å²) in [5.74, 6) is -0.399. The molecule has 0 spiro atoms. The quantitative estimate of drug-likeness (QED) is 0.551. The summed E-state index contributed by atoms with van der Waals surface area (Å²) in [5.41, 5.74) is 11.0. The number of hydrogen-bond donors (Lipinski definition) is 2. The summed E-state index contributed by atoms with van der Waals surface area (Å²) in [6.45, 7) is 3.62. The van der Waals surface area contributed by atoms with Crippen molar-refractivity contribution in [1.82, 2.24) is 0 Å². The molecular weight excluding hydrogens is 128 g/mol. The third-order valence-electron chi connectivity index (χ3n) is 1.32. The summed E-state index contributed by atoms with van der Waals surface area (Å²) in [4.78, 5) is 10.4. The fourth-order valence-corrected chi connectivity index (χ4v) is 0.521. The van der Waals surface area contributed by atoms with Crippen molar-refractivity contribution >= 4 is 5.91 Å². The van der Waals surface area contributed by atoms with Crippen molar-refractivity contribution in [3.05, 3.63) is 11.6 Å². The number of primary amides is 1. The lowest BCUT2D eigenvalue weighted by molar-refractivity contribution is -0.114. The van der Waals surface area contributed by atoms with Crippen molar-refractivity contribution in [3.63, 3.8) is 0 Å². The Balaban J connectivity index is 4.02. The van der Waals surface area contributed by atoms with E-state index in [0.717, 1.165) is 6.42 Å². The van der Waals surface area contributed by atoms with Gasteiger partial charge >= 0.3 is 0 Å². The zero-order valence-electron chi connectivity index (χ0n) is 6.42. The lowest BCUT2D eigenvalue weighted by atomic mass is 10.1. The Morgan fingerprint density at radius 1 is 1.70 bits per heavy atom. The highest BCUT2D eigenvalue weighted by Gasteiger charge is 1.99. The number of carbonyl (C=O) groups excluding carboxylic acids is 1. The van der Waals surface area contributed by atoms with Gasteiger partial charge in [0.2, 0.25) is 5.91 Å². The van der Waals surface area contributed by atoms with Gasteiger partial charge in [0.15, 0.2) is 0 Å². The molecule has 0 heterocycles. The van der Waals surface area contributed by atoms with E-state index >= 15 is 0 Å². The monoisotopic (exact) mass is 142 g/mol. The molecule has 1 atom stereocenters. The van der Waals surface area contributed by atoms with Crippen LogP contribution < -0.4 is 11.5 Å². The van der Waals surface area contributed by atoms with E-state index in [9.17, 15) is 4.79 Å². The number of nitrogens with two attached hydrogens (primary N) is 2. The zero-order chi connectivity index (χ0) is 8.15. The minimum absolute atomic E-state index is 0.0486. The molecule has 0 aliphatic carbocycles. The van der Waals surface area contributed by atoms with E-state index in [1.807, 2.05) is 6.92 Å². The molecule has 0 bridgehead atoms. The zero-order valence-corrected chi connectivity index (χ0v) is 6.42. The van der Waals surface area contributed by atoms with E-state index in [2.05, 4.69) is 0 Å². The Bertz CT molecular complexity index is 152. The second kappa shape index (κ2) is 4.06. The van der Waals surface area contributed by atoms with Crippen LogP contribution in [0.25, 0.3) is 0 Å². The van der Waals surface area contributed by atoms with Crippen molar-refractivity contribution in [2.24, 2.45) is 11.5 Å². The van der Waals surface area contributed by atoms with Crippen LogP contribution in [0.4, 0.5) is 0 Å². The standard InChI is InChI=1S/C7H14N2O/c1-3-6(8)4-5(2)7(9)10/h4,6H,3,8H2,1-2H3,(H2,9,10). The van der Waals surface area contributed by atoms with Crippen LogP contribution in [0.3, 0.4) is 0 Å². The molecule has 0 aromatic heterocycles. The van der Waals surface area contributed by atoms with Crippen LogP contribution in [0.15, 0.2) is 11.6 Å². The highest BCUT2D eigenvalue weighted by atomic mass is 16.1. The second-order valence-electron chi connectivity index (χ2n) is 2.29. The first-order valence-electron chi connectivity index (χ1n) is 3.31. The fraction of sp³-hybridized carbons (Fsp3) is 0.571. The predicted octanol–water partition coefficient (Wildman–Crippen LogP) is 0.155. The molecule has 3 nitrogen and oxygen atoms in total. The van der Waals surface area contributed by atoms with Crippen molar-refractivity contribution in [3.8, 4) is 0 Å².